The molecule has 1 saturated heterocycles. The summed E-state index contributed by atoms with van der Waals surface area (Å²) in [5, 5.41) is 9.25. The van der Waals surface area contributed by atoms with Crippen molar-refractivity contribution in [1.29, 1.82) is 0 Å². The number of benzene rings is 1. The number of pyridine rings is 1. The molecule has 3 aromatic rings. The van der Waals surface area contributed by atoms with Crippen molar-refractivity contribution in [3.05, 3.63) is 42.1 Å². The summed E-state index contributed by atoms with van der Waals surface area (Å²) < 4.78 is 11.4. The molecule has 13 nitrogen and oxygen atoms in total. The first-order valence-corrected chi connectivity index (χ1v) is 15.2. The van der Waals surface area contributed by atoms with Gasteiger partial charge in [0, 0.05) is 57.1 Å². The van der Waals surface area contributed by atoms with Crippen molar-refractivity contribution in [3.63, 3.8) is 0 Å². The van der Waals surface area contributed by atoms with Crippen LogP contribution in [-0.2, 0) is 4.79 Å². The number of nitrogens with zero attached hydrogens (tertiary/aromatic N) is 6. The number of hydrogen-bond acceptors (Lipinski definition) is 11. The molecule has 3 N–H and O–H groups in total. The number of carbonyl (C=O) groups excluding carboxylic acids is 2. The number of piperazine rings is 1. The molecule has 0 unspecified atom stereocenters. The van der Waals surface area contributed by atoms with E-state index in [1.54, 1.807) is 24.1 Å². The van der Waals surface area contributed by atoms with Gasteiger partial charge in [-0.2, -0.15) is 4.98 Å². The van der Waals surface area contributed by atoms with E-state index in [9.17, 15) is 9.59 Å². The summed E-state index contributed by atoms with van der Waals surface area (Å²) in [6.45, 7) is 4.51. The standard InChI is InChI=1S/C32H37N9O4/c1-39-15-17-40(18-16-39)24-10-9-22(19-26(24)44-2)35-32-34-20-23-29(38-32)36-27-12-11-25-30(37-27)41(28(42)21-45-25)14-8-6-4-3-5-7-13-33-31(23)43/h9-12,19-20H,3-4,6,8,13-18,21H2,1-2H3,(H,33,43)(H2,34,35,36,37,38). The average Bonchev–Trinajstić information content (AvgIpc) is 3.05. The second-order valence-corrected chi connectivity index (χ2v) is 11.1. The van der Waals surface area contributed by atoms with E-state index in [0.29, 0.717) is 30.4 Å². The Labute approximate surface area is 262 Å². The molecule has 0 atom stereocenters. The molecule has 45 heavy (non-hydrogen) atoms. The number of ether oxygens (including phenoxy) is 2. The third-order valence-electron chi connectivity index (χ3n) is 7.95. The normalized spacial score (nSPS) is 17.5. The lowest BCUT2D eigenvalue weighted by atomic mass is 10.2. The van der Waals surface area contributed by atoms with Crippen LogP contribution < -0.4 is 35.2 Å². The first-order chi connectivity index (χ1) is 22.0. The SMILES string of the molecule is COc1cc(Nc2ncc3c(n2)Nc2ccc4c(n2)N(CCCCCC#CCNC3=O)C(=O)CO4)ccc1N1CCN(C)CC1. The number of anilines is 6. The zero-order valence-electron chi connectivity index (χ0n) is 25.6. The van der Waals surface area contributed by atoms with E-state index in [1.807, 2.05) is 18.2 Å². The molecule has 234 valence electrons. The van der Waals surface area contributed by atoms with Gasteiger partial charge in [-0.3, -0.25) is 14.5 Å². The fraction of sp³-hybridized carbons (Fsp3) is 0.406. The number of aromatic nitrogens is 3. The Balaban J connectivity index is 1.30. The summed E-state index contributed by atoms with van der Waals surface area (Å²) in [5.74, 6) is 8.21. The Morgan fingerprint density at radius 2 is 1.87 bits per heavy atom. The monoisotopic (exact) mass is 611 g/mol. The number of nitrogens with one attached hydrogen (secondary N) is 3. The zero-order valence-corrected chi connectivity index (χ0v) is 25.6. The maximum atomic E-state index is 13.2. The molecule has 5 heterocycles. The molecule has 0 aliphatic carbocycles. The highest BCUT2D eigenvalue weighted by molar-refractivity contribution is 6.00. The fourth-order valence-corrected chi connectivity index (χ4v) is 5.43. The van der Waals surface area contributed by atoms with Crippen molar-refractivity contribution in [1.82, 2.24) is 25.2 Å². The average molecular weight is 612 g/mol. The molecule has 1 aromatic carbocycles. The van der Waals surface area contributed by atoms with E-state index in [2.05, 4.69) is 54.6 Å². The van der Waals surface area contributed by atoms with Gasteiger partial charge in [-0.1, -0.05) is 12.3 Å². The van der Waals surface area contributed by atoms with Gasteiger partial charge < -0.3 is 35.2 Å². The molecule has 2 bridgehead atoms. The third-order valence-corrected chi connectivity index (χ3v) is 7.95. The largest absolute Gasteiger partial charge is 0.495 e. The summed E-state index contributed by atoms with van der Waals surface area (Å²) in [6.07, 6.45) is 4.80. The van der Waals surface area contributed by atoms with Crippen molar-refractivity contribution in [3.8, 4) is 23.3 Å². The van der Waals surface area contributed by atoms with Gasteiger partial charge in [0.2, 0.25) is 5.95 Å². The number of rotatable bonds is 4. The van der Waals surface area contributed by atoms with Crippen LogP contribution in [-0.4, -0.2) is 91.7 Å². The second-order valence-electron chi connectivity index (χ2n) is 11.1. The topological polar surface area (TPSA) is 137 Å². The molecule has 13 heteroatoms. The Kier molecular flexibility index (Phi) is 9.11. The molecule has 0 spiro atoms. The van der Waals surface area contributed by atoms with Crippen molar-refractivity contribution in [2.24, 2.45) is 0 Å². The van der Waals surface area contributed by atoms with Gasteiger partial charge in [-0.25, -0.2) is 9.97 Å². The number of fused-ring (bicyclic) bond motifs is 2. The summed E-state index contributed by atoms with van der Waals surface area (Å²) in [5.41, 5.74) is 1.98. The van der Waals surface area contributed by atoms with Crippen molar-refractivity contribution in [2.75, 3.05) is 80.5 Å². The van der Waals surface area contributed by atoms with E-state index >= 15 is 0 Å². The smallest absolute Gasteiger partial charge is 0.266 e. The van der Waals surface area contributed by atoms with Crippen LogP contribution in [0.2, 0.25) is 0 Å². The fourth-order valence-electron chi connectivity index (χ4n) is 5.43. The number of amides is 2. The molecular weight excluding hydrogens is 574 g/mol. The summed E-state index contributed by atoms with van der Waals surface area (Å²) in [7, 11) is 3.78. The molecule has 3 aliphatic rings. The predicted molar refractivity (Wildman–Crippen MR) is 172 cm³/mol. The summed E-state index contributed by atoms with van der Waals surface area (Å²) >= 11 is 0. The van der Waals surface area contributed by atoms with Gasteiger partial charge >= 0.3 is 0 Å². The van der Waals surface area contributed by atoms with E-state index < -0.39 is 0 Å². The maximum absolute atomic E-state index is 13.2. The van der Waals surface area contributed by atoms with Crippen molar-refractivity contribution >= 4 is 46.6 Å². The van der Waals surface area contributed by atoms with Crippen LogP contribution in [0, 0.1) is 11.8 Å². The van der Waals surface area contributed by atoms with Gasteiger partial charge in [0.15, 0.2) is 18.2 Å². The van der Waals surface area contributed by atoms with E-state index in [0.717, 1.165) is 62.6 Å². The van der Waals surface area contributed by atoms with Gasteiger partial charge in [0.05, 0.1) is 19.3 Å². The van der Waals surface area contributed by atoms with E-state index in [-0.39, 0.29) is 42.3 Å². The number of hydrogen-bond donors (Lipinski definition) is 3. The Morgan fingerprint density at radius 1 is 1.00 bits per heavy atom. The Morgan fingerprint density at radius 3 is 2.71 bits per heavy atom. The highest BCUT2D eigenvalue weighted by Gasteiger charge is 2.27. The van der Waals surface area contributed by atoms with Gasteiger partial charge in [-0.05, 0) is 44.2 Å². The van der Waals surface area contributed by atoms with Gasteiger partial charge in [0.25, 0.3) is 11.8 Å². The highest BCUT2D eigenvalue weighted by atomic mass is 16.5. The van der Waals surface area contributed by atoms with Crippen LogP contribution in [0.15, 0.2) is 36.5 Å². The van der Waals surface area contributed by atoms with Crippen LogP contribution >= 0.6 is 0 Å². The summed E-state index contributed by atoms with van der Waals surface area (Å²) in [4.78, 5) is 46.0. The number of likely N-dealkylation sites (N-methyl/N-ethyl adjacent to an activating group) is 1. The lowest BCUT2D eigenvalue weighted by Gasteiger charge is -2.34. The lowest BCUT2D eigenvalue weighted by molar-refractivity contribution is -0.121. The Bertz CT molecular complexity index is 1630. The van der Waals surface area contributed by atoms with Gasteiger partial charge in [-0.15, -0.1) is 5.92 Å². The highest BCUT2D eigenvalue weighted by Crippen LogP contribution is 2.34. The van der Waals surface area contributed by atoms with Crippen LogP contribution in [0.1, 0.15) is 36.0 Å². The lowest BCUT2D eigenvalue weighted by Crippen LogP contribution is -2.44. The van der Waals surface area contributed by atoms with E-state index in [4.69, 9.17) is 14.5 Å². The molecule has 1 fully saturated rings. The first-order valence-electron chi connectivity index (χ1n) is 15.2. The third kappa shape index (κ3) is 7.02. The first kappa shape index (κ1) is 30.0. The minimum Gasteiger partial charge on any atom is -0.495 e. The minimum atomic E-state index is -0.376. The Hall–Kier alpha value is -5.09. The van der Waals surface area contributed by atoms with Crippen LogP contribution in [0.4, 0.5) is 34.8 Å². The van der Waals surface area contributed by atoms with Crippen LogP contribution in [0.5, 0.6) is 11.5 Å². The van der Waals surface area contributed by atoms with Crippen molar-refractivity contribution in [2.45, 2.75) is 25.7 Å². The molecular formula is C32H37N9O4. The van der Waals surface area contributed by atoms with Gasteiger partial charge in [0.1, 0.15) is 22.9 Å². The molecule has 6 rings (SSSR count). The molecule has 2 amide bonds. The minimum absolute atomic E-state index is 0.0284. The second kappa shape index (κ2) is 13.7. The van der Waals surface area contributed by atoms with E-state index in [1.165, 1.54) is 6.20 Å². The summed E-state index contributed by atoms with van der Waals surface area (Å²) in [6, 6.07) is 9.38. The van der Waals surface area contributed by atoms with Crippen LogP contribution in [0.3, 0.4) is 0 Å². The maximum Gasteiger partial charge on any atom is 0.266 e. The molecule has 3 aliphatic heterocycles. The van der Waals surface area contributed by atoms with Crippen LogP contribution in [0.25, 0.3) is 0 Å². The quantitative estimate of drug-likeness (QED) is 0.375. The molecule has 2 aromatic heterocycles. The van der Waals surface area contributed by atoms with Crippen molar-refractivity contribution < 1.29 is 19.1 Å². The number of methoxy groups -OCH3 is 1. The molecule has 0 radical (unpaired) electrons. The number of carbonyl (C=O) groups is 2. The predicted octanol–water partition coefficient (Wildman–Crippen LogP) is 3.15. The molecule has 0 saturated carbocycles. The zero-order chi connectivity index (χ0) is 31.2.